The summed E-state index contributed by atoms with van der Waals surface area (Å²) < 4.78 is 5.30. The van der Waals surface area contributed by atoms with Crippen LogP contribution in [0.4, 0.5) is 4.79 Å². The molecule has 3 amide bonds. The summed E-state index contributed by atoms with van der Waals surface area (Å²) in [4.78, 5) is 24.7. The second kappa shape index (κ2) is 14.4. The third-order valence-electron chi connectivity index (χ3n) is 9.48. The first-order valence-electron chi connectivity index (χ1n) is 15.4. The minimum absolute atomic E-state index is 0.0267. The Morgan fingerprint density at radius 1 is 0.744 bits per heavy atom. The fourth-order valence-corrected chi connectivity index (χ4v) is 7.85. The van der Waals surface area contributed by atoms with Crippen molar-refractivity contribution in [1.82, 2.24) is 16.0 Å². The molecule has 7 N–H and O–H groups in total. The lowest BCUT2D eigenvalue weighted by Gasteiger charge is -2.56. The molecule has 4 bridgehead atoms. The Balaban J connectivity index is 0.942. The Hall–Kier alpha value is -1.46. The Bertz CT molecular complexity index is 760. The molecule has 1 aliphatic heterocycles. The van der Waals surface area contributed by atoms with E-state index in [1.54, 1.807) is 0 Å². The van der Waals surface area contributed by atoms with E-state index in [0.29, 0.717) is 6.42 Å². The number of nitrogens with one attached hydrogen (secondary N) is 3. The van der Waals surface area contributed by atoms with E-state index in [-0.39, 0.29) is 17.5 Å². The number of aliphatic hydroxyl groups excluding tert-OH is 4. The molecule has 5 aliphatic rings. The van der Waals surface area contributed by atoms with Crippen LogP contribution in [0, 0.1) is 17.8 Å². The standard InChI is InChI=1S/C29H51N3O7/c33-18-22-24(35)25(36)26(37)27(39-22)31-23(34)10-8-6-4-2-1-3-5-7-9-11-30-28(38)32-29-15-19-12-20(16-29)14-21(13-19)17-29/h19-22,24-27,33,35-37H,1-18H2,(H,31,34)(H2,30,32,38)/t19?,20?,21?,22-,24+,25-,26-,27-,29?/m1/s1. The predicted octanol–water partition coefficient (Wildman–Crippen LogP) is 2.07. The van der Waals surface area contributed by atoms with Crippen LogP contribution in [0.3, 0.4) is 0 Å². The van der Waals surface area contributed by atoms with Crippen LogP contribution in [-0.4, -0.2) is 81.7 Å². The molecule has 1 heterocycles. The van der Waals surface area contributed by atoms with Crippen molar-refractivity contribution in [2.24, 2.45) is 17.8 Å². The molecule has 4 saturated carbocycles. The van der Waals surface area contributed by atoms with Gasteiger partial charge in [-0.2, -0.15) is 0 Å². The van der Waals surface area contributed by atoms with E-state index in [2.05, 4.69) is 16.0 Å². The first-order valence-corrected chi connectivity index (χ1v) is 15.4. The highest BCUT2D eigenvalue weighted by molar-refractivity contribution is 5.76. The van der Waals surface area contributed by atoms with Crippen LogP contribution in [0.1, 0.15) is 103 Å². The Morgan fingerprint density at radius 2 is 1.28 bits per heavy atom. The van der Waals surface area contributed by atoms with Gasteiger partial charge in [0.25, 0.3) is 0 Å². The molecule has 5 rings (SSSR count). The number of hydrogen-bond donors (Lipinski definition) is 7. The van der Waals surface area contributed by atoms with E-state index in [0.717, 1.165) is 69.2 Å². The Kier molecular flexibility index (Phi) is 11.3. The molecular weight excluding hydrogens is 502 g/mol. The number of rotatable bonds is 15. The van der Waals surface area contributed by atoms with Gasteiger partial charge in [-0.25, -0.2) is 4.79 Å². The number of aliphatic hydroxyl groups is 4. The fraction of sp³-hybridized carbons (Fsp3) is 0.931. The van der Waals surface area contributed by atoms with Gasteiger partial charge in [0.2, 0.25) is 5.91 Å². The average molecular weight is 554 g/mol. The van der Waals surface area contributed by atoms with E-state index in [1.807, 2.05) is 0 Å². The topological polar surface area (TPSA) is 160 Å². The molecule has 224 valence electrons. The van der Waals surface area contributed by atoms with Gasteiger partial charge < -0.3 is 41.1 Å². The molecule has 1 saturated heterocycles. The van der Waals surface area contributed by atoms with E-state index >= 15 is 0 Å². The first-order chi connectivity index (χ1) is 18.8. The van der Waals surface area contributed by atoms with Crippen molar-refractivity contribution in [2.45, 2.75) is 139 Å². The van der Waals surface area contributed by atoms with Crippen molar-refractivity contribution in [3.63, 3.8) is 0 Å². The maximum atomic E-state index is 12.5. The van der Waals surface area contributed by atoms with Gasteiger partial charge in [0.1, 0.15) is 24.4 Å². The Morgan fingerprint density at radius 3 is 1.85 bits per heavy atom. The maximum Gasteiger partial charge on any atom is 0.315 e. The minimum atomic E-state index is -1.49. The lowest BCUT2D eigenvalue weighted by atomic mass is 9.53. The number of hydrogen-bond acceptors (Lipinski definition) is 7. The zero-order chi connectivity index (χ0) is 27.8. The van der Waals surface area contributed by atoms with Gasteiger partial charge in [-0.1, -0.05) is 44.9 Å². The zero-order valence-electron chi connectivity index (χ0n) is 23.4. The smallest absolute Gasteiger partial charge is 0.315 e. The van der Waals surface area contributed by atoms with E-state index in [4.69, 9.17) is 4.74 Å². The fourth-order valence-electron chi connectivity index (χ4n) is 7.85. The minimum Gasteiger partial charge on any atom is -0.394 e. The lowest BCUT2D eigenvalue weighted by Crippen LogP contribution is -2.63. The van der Waals surface area contributed by atoms with Gasteiger partial charge in [-0.3, -0.25) is 4.79 Å². The van der Waals surface area contributed by atoms with Gasteiger partial charge in [-0.05, 0) is 69.1 Å². The molecule has 0 unspecified atom stereocenters. The summed E-state index contributed by atoms with van der Waals surface area (Å²) in [6, 6.07) is 0.0267. The van der Waals surface area contributed by atoms with Gasteiger partial charge in [0, 0.05) is 18.5 Å². The van der Waals surface area contributed by atoms with Crippen LogP contribution in [-0.2, 0) is 9.53 Å². The van der Waals surface area contributed by atoms with Crippen molar-refractivity contribution in [3.05, 3.63) is 0 Å². The average Bonchev–Trinajstić information content (AvgIpc) is 2.88. The number of carbonyl (C=O) groups is 2. The maximum absolute atomic E-state index is 12.5. The number of carbonyl (C=O) groups excluding carboxylic acids is 2. The van der Waals surface area contributed by atoms with Crippen molar-refractivity contribution in [1.29, 1.82) is 0 Å². The summed E-state index contributed by atoms with van der Waals surface area (Å²) in [6.07, 6.45) is 10.9. The Labute approximate surface area is 232 Å². The highest BCUT2D eigenvalue weighted by Gasteiger charge is 2.51. The van der Waals surface area contributed by atoms with Crippen LogP contribution >= 0.6 is 0 Å². The number of ether oxygens (including phenoxy) is 1. The van der Waals surface area contributed by atoms with Gasteiger partial charge >= 0.3 is 6.03 Å². The molecule has 0 aromatic rings. The predicted molar refractivity (Wildman–Crippen MR) is 146 cm³/mol. The van der Waals surface area contributed by atoms with Crippen LogP contribution in [0.25, 0.3) is 0 Å². The van der Waals surface area contributed by atoms with Crippen LogP contribution < -0.4 is 16.0 Å². The van der Waals surface area contributed by atoms with Crippen molar-refractivity contribution >= 4 is 11.9 Å². The van der Waals surface area contributed by atoms with Crippen LogP contribution in [0.15, 0.2) is 0 Å². The highest BCUT2D eigenvalue weighted by atomic mass is 16.6. The quantitative estimate of drug-likeness (QED) is 0.153. The summed E-state index contributed by atoms with van der Waals surface area (Å²) in [5, 5.41) is 47.8. The largest absolute Gasteiger partial charge is 0.394 e. The monoisotopic (exact) mass is 553 g/mol. The van der Waals surface area contributed by atoms with Gasteiger partial charge in [0.15, 0.2) is 6.23 Å². The third kappa shape index (κ3) is 8.52. The third-order valence-corrected chi connectivity index (χ3v) is 9.48. The molecule has 0 aromatic heterocycles. The SMILES string of the molecule is O=C(CCCCCCCCCCCNC(=O)NC12CC3CC(CC(C3)C1)C2)N[C@@H]1O[C@H](CO)[C@H](O)[C@@H](O)[C@H]1O. The summed E-state index contributed by atoms with van der Waals surface area (Å²) >= 11 is 0. The molecule has 4 aliphatic carbocycles. The van der Waals surface area contributed by atoms with Crippen LogP contribution in [0.2, 0.25) is 0 Å². The summed E-state index contributed by atoms with van der Waals surface area (Å²) in [6.45, 7) is 0.219. The molecule has 10 heteroatoms. The number of amides is 3. The van der Waals surface area contributed by atoms with Crippen molar-refractivity contribution in [3.8, 4) is 0 Å². The second-order valence-corrected chi connectivity index (χ2v) is 12.8. The first kappa shape index (κ1) is 30.5. The molecule has 0 aromatic carbocycles. The van der Waals surface area contributed by atoms with E-state index < -0.39 is 37.3 Å². The number of unbranched alkanes of at least 4 members (excludes halogenated alkanes) is 8. The highest BCUT2D eigenvalue weighted by Crippen LogP contribution is 2.55. The molecule has 0 spiro atoms. The molecule has 39 heavy (non-hydrogen) atoms. The molecule has 10 nitrogen and oxygen atoms in total. The normalized spacial score (nSPS) is 37.0. The van der Waals surface area contributed by atoms with Crippen LogP contribution in [0.5, 0.6) is 0 Å². The molecule has 0 radical (unpaired) electrons. The summed E-state index contributed by atoms with van der Waals surface area (Å²) in [7, 11) is 0. The van der Waals surface area contributed by atoms with Crippen molar-refractivity contribution < 1.29 is 34.8 Å². The number of urea groups is 1. The summed E-state index contributed by atoms with van der Waals surface area (Å²) in [5.74, 6) is 2.21. The van der Waals surface area contributed by atoms with E-state index in [1.165, 1.54) is 51.4 Å². The molecule has 5 fully saturated rings. The van der Waals surface area contributed by atoms with Gasteiger partial charge in [-0.15, -0.1) is 0 Å². The summed E-state index contributed by atoms with van der Waals surface area (Å²) in [5.41, 5.74) is 0.0763. The second-order valence-electron chi connectivity index (χ2n) is 12.8. The van der Waals surface area contributed by atoms with E-state index in [9.17, 15) is 30.0 Å². The lowest BCUT2D eigenvalue weighted by molar-refractivity contribution is -0.236. The van der Waals surface area contributed by atoms with Gasteiger partial charge in [0.05, 0.1) is 6.61 Å². The zero-order valence-corrected chi connectivity index (χ0v) is 23.4. The molecular formula is C29H51N3O7. The van der Waals surface area contributed by atoms with Crippen molar-refractivity contribution in [2.75, 3.05) is 13.2 Å². The molecule has 5 atom stereocenters.